The van der Waals surface area contributed by atoms with Crippen molar-refractivity contribution in [3.63, 3.8) is 0 Å². The molecule has 0 atom stereocenters. The van der Waals surface area contributed by atoms with Gasteiger partial charge in [0.05, 0.1) is 11.7 Å². The van der Waals surface area contributed by atoms with Gasteiger partial charge in [0.2, 0.25) is 11.8 Å². The zero-order valence-electron chi connectivity index (χ0n) is 18.0. The molecular formula is C21H25FN4O6. The third-order valence-electron chi connectivity index (χ3n) is 4.84. The minimum atomic E-state index is -1.13. The van der Waals surface area contributed by atoms with E-state index in [1.165, 1.54) is 6.33 Å². The highest BCUT2D eigenvalue weighted by molar-refractivity contribution is 5.96. The van der Waals surface area contributed by atoms with Gasteiger partial charge < -0.3 is 30.0 Å². The maximum Gasteiger partial charge on any atom is 0.410 e. The van der Waals surface area contributed by atoms with Crippen molar-refractivity contribution < 1.29 is 33.3 Å². The van der Waals surface area contributed by atoms with Crippen molar-refractivity contribution in [1.82, 2.24) is 14.9 Å². The second-order valence-electron chi connectivity index (χ2n) is 7.58. The molecule has 1 aromatic heterocycles. The molecule has 11 heteroatoms. The Balaban J connectivity index is 1.69. The molecule has 1 aliphatic heterocycles. The number of benzene rings is 1. The Hall–Kier alpha value is -3.63. The second kappa shape index (κ2) is 9.67. The second-order valence-corrected chi connectivity index (χ2v) is 7.58. The number of aromatic hydroxyl groups is 1. The molecular weight excluding hydrogens is 423 g/mol. The predicted molar refractivity (Wildman–Crippen MR) is 110 cm³/mol. The number of amides is 2. The number of aromatic nitrogens is 2. The Labute approximate surface area is 184 Å². The molecule has 1 fully saturated rings. The van der Waals surface area contributed by atoms with Crippen molar-refractivity contribution >= 4 is 12.0 Å². The Morgan fingerprint density at radius 2 is 1.88 bits per heavy atom. The van der Waals surface area contributed by atoms with Gasteiger partial charge in [-0.25, -0.2) is 19.2 Å². The summed E-state index contributed by atoms with van der Waals surface area (Å²) in [6.45, 7) is 6.21. The van der Waals surface area contributed by atoms with Crippen molar-refractivity contribution in [2.24, 2.45) is 5.73 Å². The number of rotatable bonds is 6. The molecule has 0 radical (unpaired) electrons. The van der Waals surface area contributed by atoms with E-state index in [-0.39, 0.29) is 35.8 Å². The Bertz CT molecular complexity index is 1010. The SMILES string of the molecule is Cc1c(Oc2ccc(O)c(C(N)=O)c2F)ncnc1OC1CCN(C(=O)OC(C)C)CC1. The normalized spacial score (nSPS) is 14.3. The van der Waals surface area contributed by atoms with Gasteiger partial charge in [-0.15, -0.1) is 0 Å². The van der Waals surface area contributed by atoms with Crippen molar-refractivity contribution in [2.75, 3.05) is 13.1 Å². The average molecular weight is 448 g/mol. The number of piperidine rings is 1. The molecule has 2 amide bonds. The number of nitrogens with zero attached hydrogens (tertiary/aromatic N) is 3. The van der Waals surface area contributed by atoms with Gasteiger partial charge in [-0.1, -0.05) is 0 Å². The number of carbonyl (C=O) groups excluding carboxylic acids is 2. The Kier molecular flexibility index (Phi) is 6.96. The molecule has 1 saturated heterocycles. The molecule has 0 saturated carbocycles. The molecule has 3 rings (SSSR count). The first-order valence-corrected chi connectivity index (χ1v) is 10.1. The monoisotopic (exact) mass is 448 g/mol. The van der Waals surface area contributed by atoms with E-state index in [2.05, 4.69) is 9.97 Å². The van der Waals surface area contributed by atoms with Crippen LogP contribution in [0.15, 0.2) is 18.5 Å². The largest absolute Gasteiger partial charge is 0.507 e. The summed E-state index contributed by atoms with van der Waals surface area (Å²) in [5.74, 6) is -2.87. The zero-order valence-corrected chi connectivity index (χ0v) is 18.0. The van der Waals surface area contributed by atoms with Crippen LogP contribution in [-0.4, -0.2) is 57.3 Å². The number of phenols is 1. The lowest BCUT2D eigenvalue weighted by Crippen LogP contribution is -2.42. The first-order valence-electron chi connectivity index (χ1n) is 10.1. The number of hydrogen-bond donors (Lipinski definition) is 2. The van der Waals surface area contributed by atoms with Crippen LogP contribution in [0.25, 0.3) is 0 Å². The predicted octanol–water partition coefficient (Wildman–Crippen LogP) is 2.91. The van der Waals surface area contributed by atoms with Crippen LogP contribution in [0.3, 0.4) is 0 Å². The molecule has 32 heavy (non-hydrogen) atoms. The standard InChI is InChI=1S/C21H25FN4O6/c1-11(2)30-21(29)26-8-6-13(7-9-26)31-19-12(3)20(25-10-24-19)32-15-5-4-14(27)16(17(15)22)18(23)28/h4-5,10-11,13,27H,6-9H2,1-3H3,(H2,23,28). The highest BCUT2D eigenvalue weighted by Gasteiger charge is 2.27. The van der Waals surface area contributed by atoms with E-state index in [9.17, 15) is 19.1 Å². The maximum atomic E-state index is 14.6. The number of halogens is 1. The van der Waals surface area contributed by atoms with E-state index in [0.717, 1.165) is 12.1 Å². The molecule has 0 spiro atoms. The summed E-state index contributed by atoms with van der Waals surface area (Å²) in [5.41, 5.74) is 4.86. The fraction of sp³-hybridized carbons (Fsp3) is 0.429. The van der Waals surface area contributed by atoms with Crippen LogP contribution in [0.5, 0.6) is 23.3 Å². The van der Waals surface area contributed by atoms with Gasteiger partial charge in [0.1, 0.15) is 23.7 Å². The minimum absolute atomic E-state index is 0.0213. The lowest BCUT2D eigenvalue weighted by atomic mass is 10.1. The van der Waals surface area contributed by atoms with Crippen LogP contribution in [-0.2, 0) is 4.74 Å². The van der Waals surface area contributed by atoms with Gasteiger partial charge in [-0.2, -0.15) is 0 Å². The maximum absolute atomic E-state index is 14.6. The van der Waals surface area contributed by atoms with Crippen LogP contribution in [0.1, 0.15) is 42.6 Å². The summed E-state index contributed by atoms with van der Waals surface area (Å²) < 4.78 is 31.2. The van der Waals surface area contributed by atoms with Gasteiger partial charge in [0.15, 0.2) is 11.6 Å². The Morgan fingerprint density at radius 1 is 1.22 bits per heavy atom. The number of hydrogen-bond acceptors (Lipinski definition) is 8. The van der Waals surface area contributed by atoms with Gasteiger partial charge in [0.25, 0.3) is 5.91 Å². The van der Waals surface area contributed by atoms with Crippen LogP contribution in [0.2, 0.25) is 0 Å². The molecule has 0 bridgehead atoms. The summed E-state index contributed by atoms with van der Waals surface area (Å²) in [5, 5.41) is 9.65. The lowest BCUT2D eigenvalue weighted by Gasteiger charge is -2.31. The number of primary amides is 1. The van der Waals surface area contributed by atoms with E-state index in [0.29, 0.717) is 31.5 Å². The molecule has 172 valence electrons. The average Bonchev–Trinajstić information content (AvgIpc) is 2.72. The third kappa shape index (κ3) is 5.16. The highest BCUT2D eigenvalue weighted by Crippen LogP contribution is 2.33. The number of likely N-dealkylation sites (tertiary alicyclic amines) is 1. The Morgan fingerprint density at radius 3 is 2.50 bits per heavy atom. The fourth-order valence-corrected chi connectivity index (χ4v) is 3.19. The molecule has 1 aromatic carbocycles. The van der Waals surface area contributed by atoms with E-state index in [1.807, 2.05) is 0 Å². The van der Waals surface area contributed by atoms with E-state index < -0.39 is 23.0 Å². The molecule has 0 aliphatic carbocycles. The van der Waals surface area contributed by atoms with Crippen LogP contribution >= 0.6 is 0 Å². The smallest absolute Gasteiger partial charge is 0.410 e. The summed E-state index contributed by atoms with van der Waals surface area (Å²) in [6, 6.07) is 2.26. The first-order chi connectivity index (χ1) is 15.2. The third-order valence-corrected chi connectivity index (χ3v) is 4.84. The van der Waals surface area contributed by atoms with Gasteiger partial charge in [0, 0.05) is 25.9 Å². The van der Waals surface area contributed by atoms with Crippen LogP contribution in [0.4, 0.5) is 9.18 Å². The van der Waals surface area contributed by atoms with Crippen molar-refractivity contribution in [3.8, 4) is 23.3 Å². The quantitative estimate of drug-likeness (QED) is 0.688. The fourth-order valence-electron chi connectivity index (χ4n) is 3.19. The molecule has 2 aromatic rings. The van der Waals surface area contributed by atoms with Crippen molar-refractivity contribution in [1.29, 1.82) is 0 Å². The molecule has 10 nitrogen and oxygen atoms in total. The number of ether oxygens (including phenoxy) is 3. The minimum Gasteiger partial charge on any atom is -0.507 e. The summed E-state index contributed by atoms with van der Waals surface area (Å²) in [4.78, 5) is 33.2. The summed E-state index contributed by atoms with van der Waals surface area (Å²) >= 11 is 0. The van der Waals surface area contributed by atoms with Gasteiger partial charge >= 0.3 is 6.09 Å². The first kappa shape index (κ1) is 23.0. The van der Waals surface area contributed by atoms with E-state index >= 15 is 0 Å². The molecule has 0 unspecified atom stereocenters. The van der Waals surface area contributed by atoms with Crippen LogP contribution < -0.4 is 15.2 Å². The molecule has 3 N–H and O–H groups in total. The van der Waals surface area contributed by atoms with Gasteiger partial charge in [-0.3, -0.25) is 4.79 Å². The van der Waals surface area contributed by atoms with E-state index in [1.54, 1.807) is 25.7 Å². The zero-order chi connectivity index (χ0) is 23.4. The van der Waals surface area contributed by atoms with Crippen LogP contribution in [0, 0.1) is 12.7 Å². The number of carbonyl (C=O) groups is 2. The van der Waals surface area contributed by atoms with Gasteiger partial charge in [-0.05, 0) is 32.9 Å². The molecule has 1 aliphatic rings. The van der Waals surface area contributed by atoms with E-state index in [4.69, 9.17) is 19.9 Å². The summed E-state index contributed by atoms with van der Waals surface area (Å²) in [7, 11) is 0. The van der Waals surface area contributed by atoms with Crippen molar-refractivity contribution in [2.45, 2.75) is 45.8 Å². The highest BCUT2D eigenvalue weighted by atomic mass is 19.1. The molecule has 2 heterocycles. The summed E-state index contributed by atoms with van der Waals surface area (Å²) in [6.07, 6.45) is 1.66. The lowest BCUT2D eigenvalue weighted by molar-refractivity contribution is 0.0504. The van der Waals surface area contributed by atoms with Crippen molar-refractivity contribution in [3.05, 3.63) is 35.4 Å². The number of nitrogens with two attached hydrogens (primary N) is 1. The topological polar surface area (TPSA) is 137 Å².